The lowest BCUT2D eigenvalue weighted by molar-refractivity contribution is 0.0122. The van der Waals surface area contributed by atoms with Crippen LogP contribution in [0, 0.1) is 18.8 Å². The number of urea groups is 1. The standard InChI is InChI=1S/C26H27N3O3/c1-20-10-13-25(32-20)24(29-14-16-31-17-15-29)19-27-26(30)28-23-9-5-8-22(18-23)12-11-21-6-3-2-4-7-21/h2-10,13,18,24H,14-17,19H2,1H3,(H2,27,28,30). The minimum atomic E-state index is -0.264. The summed E-state index contributed by atoms with van der Waals surface area (Å²) in [6, 6.07) is 21.0. The monoisotopic (exact) mass is 429 g/mol. The van der Waals surface area contributed by atoms with E-state index < -0.39 is 0 Å². The van der Waals surface area contributed by atoms with Gasteiger partial charge in [0, 0.05) is 36.4 Å². The largest absolute Gasteiger partial charge is 0.465 e. The maximum Gasteiger partial charge on any atom is 0.319 e. The zero-order valence-corrected chi connectivity index (χ0v) is 18.1. The van der Waals surface area contributed by atoms with Crippen LogP contribution in [0.2, 0.25) is 0 Å². The first kappa shape index (κ1) is 21.7. The Kier molecular flexibility index (Phi) is 7.23. The number of furan rings is 1. The number of morpholine rings is 1. The second-order valence-electron chi connectivity index (χ2n) is 7.64. The molecule has 2 heterocycles. The molecule has 2 amide bonds. The molecule has 0 bridgehead atoms. The van der Waals surface area contributed by atoms with Crippen LogP contribution in [-0.2, 0) is 4.74 Å². The molecule has 1 aliphatic heterocycles. The van der Waals surface area contributed by atoms with Crippen molar-refractivity contribution in [1.82, 2.24) is 10.2 Å². The molecule has 1 atom stereocenters. The Morgan fingerprint density at radius 1 is 1.00 bits per heavy atom. The summed E-state index contributed by atoms with van der Waals surface area (Å²) < 4.78 is 11.3. The van der Waals surface area contributed by atoms with Gasteiger partial charge in [-0.15, -0.1) is 0 Å². The zero-order chi connectivity index (χ0) is 22.2. The number of carbonyl (C=O) groups is 1. The molecule has 1 saturated heterocycles. The van der Waals surface area contributed by atoms with Gasteiger partial charge in [0.05, 0.1) is 19.3 Å². The van der Waals surface area contributed by atoms with E-state index in [0.717, 1.165) is 35.7 Å². The van der Waals surface area contributed by atoms with Crippen molar-refractivity contribution in [3.05, 3.63) is 89.4 Å². The molecule has 32 heavy (non-hydrogen) atoms. The molecule has 1 aromatic heterocycles. The first-order valence-electron chi connectivity index (χ1n) is 10.8. The number of hydrogen-bond donors (Lipinski definition) is 2. The molecule has 2 N–H and O–H groups in total. The fraction of sp³-hybridized carbons (Fsp3) is 0.269. The number of benzene rings is 2. The van der Waals surface area contributed by atoms with Crippen LogP contribution in [0.1, 0.15) is 28.7 Å². The van der Waals surface area contributed by atoms with Crippen molar-refractivity contribution < 1.29 is 13.9 Å². The van der Waals surface area contributed by atoms with Crippen molar-refractivity contribution in [3.8, 4) is 11.8 Å². The third-order valence-electron chi connectivity index (χ3n) is 5.28. The van der Waals surface area contributed by atoms with Gasteiger partial charge in [-0.25, -0.2) is 4.79 Å². The normalized spacial score (nSPS) is 14.8. The van der Waals surface area contributed by atoms with Gasteiger partial charge in [-0.1, -0.05) is 36.1 Å². The first-order valence-corrected chi connectivity index (χ1v) is 10.8. The molecule has 6 nitrogen and oxygen atoms in total. The van der Waals surface area contributed by atoms with E-state index in [1.165, 1.54) is 0 Å². The van der Waals surface area contributed by atoms with E-state index in [-0.39, 0.29) is 12.1 Å². The Bertz CT molecular complexity index is 1090. The summed E-state index contributed by atoms with van der Waals surface area (Å²) in [5.74, 6) is 7.98. The van der Waals surface area contributed by atoms with E-state index in [4.69, 9.17) is 9.15 Å². The summed E-state index contributed by atoms with van der Waals surface area (Å²) in [5, 5.41) is 5.89. The summed E-state index contributed by atoms with van der Waals surface area (Å²) in [4.78, 5) is 14.9. The molecule has 0 aliphatic carbocycles. The molecule has 4 rings (SSSR count). The lowest BCUT2D eigenvalue weighted by Gasteiger charge is -2.33. The molecule has 6 heteroatoms. The van der Waals surface area contributed by atoms with Crippen LogP contribution in [0.3, 0.4) is 0 Å². The summed E-state index contributed by atoms with van der Waals surface area (Å²) in [6.45, 7) is 5.32. The molecule has 2 aromatic carbocycles. The number of carbonyl (C=O) groups excluding carboxylic acids is 1. The third kappa shape index (κ3) is 6.01. The van der Waals surface area contributed by atoms with Gasteiger partial charge in [0.2, 0.25) is 0 Å². The number of nitrogens with one attached hydrogen (secondary N) is 2. The topological polar surface area (TPSA) is 66.7 Å². The number of ether oxygens (including phenoxy) is 1. The van der Waals surface area contributed by atoms with E-state index in [2.05, 4.69) is 27.4 Å². The summed E-state index contributed by atoms with van der Waals surface area (Å²) in [5.41, 5.74) is 2.48. The number of rotatable bonds is 5. The fourth-order valence-corrected chi connectivity index (χ4v) is 3.64. The van der Waals surface area contributed by atoms with Crippen LogP contribution >= 0.6 is 0 Å². The second kappa shape index (κ2) is 10.7. The van der Waals surface area contributed by atoms with E-state index in [0.29, 0.717) is 25.4 Å². The van der Waals surface area contributed by atoms with Gasteiger partial charge in [0.25, 0.3) is 0 Å². The average molecular weight is 430 g/mol. The molecule has 1 aliphatic rings. The average Bonchev–Trinajstić information content (AvgIpc) is 3.25. The molecular weight excluding hydrogens is 402 g/mol. The Labute approximate surface area is 188 Å². The predicted molar refractivity (Wildman–Crippen MR) is 124 cm³/mol. The van der Waals surface area contributed by atoms with Gasteiger partial charge in [0.15, 0.2) is 0 Å². The second-order valence-corrected chi connectivity index (χ2v) is 7.64. The van der Waals surface area contributed by atoms with E-state index in [1.54, 1.807) is 0 Å². The molecule has 1 fully saturated rings. The van der Waals surface area contributed by atoms with Gasteiger partial charge < -0.3 is 19.8 Å². The maximum atomic E-state index is 12.6. The van der Waals surface area contributed by atoms with Gasteiger partial charge in [-0.05, 0) is 49.4 Å². The van der Waals surface area contributed by atoms with Crippen molar-refractivity contribution in [1.29, 1.82) is 0 Å². The maximum absolute atomic E-state index is 12.6. The predicted octanol–water partition coefficient (Wildman–Crippen LogP) is 4.18. The molecule has 164 valence electrons. The van der Waals surface area contributed by atoms with Gasteiger partial charge in [-0.3, -0.25) is 4.90 Å². The lowest BCUT2D eigenvalue weighted by Crippen LogP contribution is -2.44. The molecule has 0 radical (unpaired) electrons. The van der Waals surface area contributed by atoms with Crippen molar-refractivity contribution >= 4 is 11.7 Å². The van der Waals surface area contributed by atoms with Crippen molar-refractivity contribution in [2.45, 2.75) is 13.0 Å². The zero-order valence-electron chi connectivity index (χ0n) is 18.1. The molecule has 0 saturated carbocycles. The van der Waals surface area contributed by atoms with Crippen LogP contribution in [0.4, 0.5) is 10.5 Å². The van der Waals surface area contributed by atoms with Crippen LogP contribution in [0.5, 0.6) is 0 Å². The Hall–Kier alpha value is -3.53. The minimum absolute atomic E-state index is 0.0403. The SMILES string of the molecule is Cc1ccc(C(CNC(=O)Nc2cccc(C#Cc3ccccc3)c2)N2CCOCC2)o1. The van der Waals surface area contributed by atoms with Crippen molar-refractivity contribution in [2.24, 2.45) is 0 Å². The quantitative estimate of drug-likeness (QED) is 0.597. The van der Waals surface area contributed by atoms with Crippen molar-refractivity contribution in [3.63, 3.8) is 0 Å². The third-order valence-corrected chi connectivity index (χ3v) is 5.28. The van der Waals surface area contributed by atoms with Crippen LogP contribution in [-0.4, -0.2) is 43.8 Å². The minimum Gasteiger partial charge on any atom is -0.465 e. The highest BCUT2D eigenvalue weighted by atomic mass is 16.5. The summed E-state index contributed by atoms with van der Waals surface area (Å²) in [7, 11) is 0. The van der Waals surface area contributed by atoms with Crippen LogP contribution in [0.15, 0.2) is 71.1 Å². The van der Waals surface area contributed by atoms with E-state index in [9.17, 15) is 4.79 Å². The molecule has 0 spiro atoms. The first-order chi connectivity index (χ1) is 15.7. The summed E-state index contributed by atoms with van der Waals surface area (Å²) >= 11 is 0. The Morgan fingerprint density at radius 3 is 2.50 bits per heavy atom. The number of amides is 2. The van der Waals surface area contributed by atoms with Crippen LogP contribution < -0.4 is 10.6 Å². The smallest absolute Gasteiger partial charge is 0.319 e. The molecular formula is C26H27N3O3. The number of nitrogens with zero attached hydrogens (tertiary/aromatic N) is 1. The Morgan fingerprint density at radius 2 is 1.75 bits per heavy atom. The number of aryl methyl sites for hydroxylation is 1. The van der Waals surface area contributed by atoms with E-state index in [1.807, 2.05) is 73.7 Å². The van der Waals surface area contributed by atoms with Crippen LogP contribution in [0.25, 0.3) is 0 Å². The number of anilines is 1. The van der Waals surface area contributed by atoms with Gasteiger partial charge in [0.1, 0.15) is 11.5 Å². The fourth-order valence-electron chi connectivity index (χ4n) is 3.64. The van der Waals surface area contributed by atoms with Gasteiger partial charge in [-0.2, -0.15) is 0 Å². The number of hydrogen-bond acceptors (Lipinski definition) is 4. The highest BCUT2D eigenvalue weighted by Crippen LogP contribution is 2.23. The van der Waals surface area contributed by atoms with Crippen molar-refractivity contribution in [2.75, 3.05) is 38.2 Å². The van der Waals surface area contributed by atoms with Gasteiger partial charge >= 0.3 is 6.03 Å². The molecule has 3 aromatic rings. The molecule has 1 unspecified atom stereocenters. The Balaban J connectivity index is 1.38. The highest BCUT2D eigenvalue weighted by molar-refractivity contribution is 5.89. The van der Waals surface area contributed by atoms with E-state index >= 15 is 0 Å². The lowest BCUT2D eigenvalue weighted by atomic mass is 10.1. The summed E-state index contributed by atoms with van der Waals surface area (Å²) in [6.07, 6.45) is 0. The highest BCUT2D eigenvalue weighted by Gasteiger charge is 2.25.